The summed E-state index contributed by atoms with van der Waals surface area (Å²) in [7, 11) is -3.94. The second-order valence-electron chi connectivity index (χ2n) is 7.19. The summed E-state index contributed by atoms with van der Waals surface area (Å²) in [6.45, 7) is 0. The molecule has 0 aliphatic rings. The predicted octanol–water partition coefficient (Wildman–Crippen LogP) is 3.98. The van der Waals surface area contributed by atoms with Crippen molar-refractivity contribution < 1.29 is 17.6 Å². The average Bonchev–Trinajstić information content (AvgIpc) is 3.55. The molecule has 0 saturated heterocycles. The summed E-state index contributed by atoms with van der Waals surface area (Å²) >= 11 is 0. The Bertz CT molecular complexity index is 1520. The maximum Gasteiger partial charge on any atom is 0.276 e. The van der Waals surface area contributed by atoms with Gasteiger partial charge in [-0.25, -0.2) is 0 Å². The van der Waals surface area contributed by atoms with E-state index in [-0.39, 0.29) is 10.6 Å². The molecule has 0 bridgehead atoms. The smallest absolute Gasteiger partial charge is 0.276 e. The van der Waals surface area contributed by atoms with E-state index in [0.29, 0.717) is 22.5 Å². The van der Waals surface area contributed by atoms with Gasteiger partial charge in [0.1, 0.15) is 11.3 Å². The van der Waals surface area contributed by atoms with E-state index in [1.54, 1.807) is 42.5 Å². The van der Waals surface area contributed by atoms with Gasteiger partial charge in [0.15, 0.2) is 11.5 Å². The van der Waals surface area contributed by atoms with Crippen molar-refractivity contribution in [1.82, 2.24) is 19.8 Å². The van der Waals surface area contributed by atoms with E-state index >= 15 is 0 Å². The molecular formula is C24H19N5O4S. The summed E-state index contributed by atoms with van der Waals surface area (Å²) in [6, 6.07) is 27.7. The first kappa shape index (κ1) is 21.4. The van der Waals surface area contributed by atoms with Crippen LogP contribution in [0.1, 0.15) is 12.0 Å². The molecule has 0 fully saturated rings. The zero-order chi connectivity index (χ0) is 23.4. The van der Waals surface area contributed by atoms with Gasteiger partial charge in [-0.3, -0.25) is 0 Å². The zero-order valence-corrected chi connectivity index (χ0v) is 18.5. The summed E-state index contributed by atoms with van der Waals surface area (Å²) in [5, 5.41) is 12.7. The second-order valence-corrected chi connectivity index (χ2v) is 8.85. The van der Waals surface area contributed by atoms with Gasteiger partial charge < -0.3 is 9.15 Å². The average molecular weight is 474 g/mol. The number of hydrogen-bond donors (Lipinski definition) is 1. The summed E-state index contributed by atoms with van der Waals surface area (Å²) < 4.78 is 39.1. The maximum absolute atomic E-state index is 12.9. The van der Waals surface area contributed by atoms with Crippen LogP contribution in [0.4, 0.5) is 0 Å². The number of rotatable bonds is 8. The fourth-order valence-corrected chi connectivity index (χ4v) is 4.17. The van der Waals surface area contributed by atoms with Crippen LogP contribution in [0.5, 0.6) is 5.75 Å². The van der Waals surface area contributed by atoms with Gasteiger partial charge in [0.05, 0.1) is 16.7 Å². The molecule has 34 heavy (non-hydrogen) atoms. The number of ether oxygens (including phenoxy) is 1. The first-order valence-electron chi connectivity index (χ1n) is 10.3. The minimum Gasteiger partial charge on any atom is -0.463 e. The molecular weight excluding hydrogens is 454 g/mol. The van der Waals surface area contributed by atoms with Crippen LogP contribution in [0.2, 0.25) is 0 Å². The molecule has 170 valence electrons. The number of sulfonamides is 1. The summed E-state index contributed by atoms with van der Waals surface area (Å²) in [4.78, 5) is 2.37. The van der Waals surface area contributed by atoms with Crippen LogP contribution in [-0.4, -0.2) is 29.1 Å². The topological polar surface area (TPSA) is 112 Å². The lowest BCUT2D eigenvalue weighted by Gasteiger charge is -2.20. The predicted molar refractivity (Wildman–Crippen MR) is 126 cm³/mol. The van der Waals surface area contributed by atoms with Crippen LogP contribution in [0, 0.1) is 0 Å². The highest BCUT2D eigenvalue weighted by atomic mass is 32.2. The van der Waals surface area contributed by atoms with Gasteiger partial charge in [-0.15, -0.1) is 5.10 Å². The Kier molecular flexibility index (Phi) is 5.79. The molecule has 0 aliphatic carbocycles. The van der Waals surface area contributed by atoms with Crippen molar-refractivity contribution in [2.75, 3.05) is 0 Å². The number of nitrogens with zero attached hydrogens (tertiary/aromatic N) is 4. The molecule has 0 saturated carbocycles. The molecule has 1 N–H and O–H groups in total. The molecule has 5 aromatic rings. The Morgan fingerprint density at radius 2 is 1.62 bits per heavy atom. The number of nitrogens with one attached hydrogen (secondary N) is 1. The first-order valence-corrected chi connectivity index (χ1v) is 11.8. The molecule has 10 heteroatoms. The number of furan rings is 1. The molecule has 1 atom stereocenters. The lowest BCUT2D eigenvalue weighted by Crippen LogP contribution is -2.30. The fraction of sp³-hybridized carbons (Fsp3) is 0.0417. The van der Waals surface area contributed by atoms with Crippen molar-refractivity contribution >= 4 is 26.8 Å². The van der Waals surface area contributed by atoms with E-state index in [2.05, 4.69) is 20.2 Å². The Morgan fingerprint density at radius 3 is 2.35 bits per heavy atom. The van der Waals surface area contributed by atoms with Gasteiger partial charge >= 0.3 is 0 Å². The van der Waals surface area contributed by atoms with Crippen molar-refractivity contribution in [3.63, 3.8) is 0 Å². The van der Waals surface area contributed by atoms with Crippen LogP contribution in [0.15, 0.2) is 118 Å². The van der Waals surface area contributed by atoms with Crippen molar-refractivity contribution in [3.8, 4) is 5.75 Å². The molecule has 3 aromatic carbocycles. The van der Waals surface area contributed by atoms with Crippen LogP contribution < -0.4 is 9.57 Å². The van der Waals surface area contributed by atoms with E-state index in [4.69, 9.17) is 9.15 Å². The van der Waals surface area contributed by atoms with E-state index in [1.807, 2.05) is 42.5 Å². The molecule has 5 rings (SSSR count). The monoisotopic (exact) mass is 473 g/mol. The van der Waals surface area contributed by atoms with E-state index in [0.717, 1.165) is 0 Å². The molecule has 2 aromatic heterocycles. The summed E-state index contributed by atoms with van der Waals surface area (Å²) in [5.74, 6) is 0.827. The van der Waals surface area contributed by atoms with Gasteiger partial charge in [-0.05, 0) is 48.5 Å². The summed E-state index contributed by atoms with van der Waals surface area (Å²) in [5.41, 5.74) is 1.48. The van der Waals surface area contributed by atoms with Crippen molar-refractivity contribution in [2.24, 2.45) is 5.10 Å². The van der Waals surface area contributed by atoms with Crippen molar-refractivity contribution in [1.29, 1.82) is 0 Å². The highest BCUT2D eigenvalue weighted by Gasteiger charge is 2.28. The van der Waals surface area contributed by atoms with E-state index < -0.39 is 16.3 Å². The molecule has 9 nitrogen and oxygen atoms in total. The third kappa shape index (κ3) is 4.39. The lowest BCUT2D eigenvalue weighted by molar-refractivity contribution is 0.187. The third-order valence-electron chi connectivity index (χ3n) is 4.94. The normalized spacial score (nSPS) is 13.0. The number of para-hydroxylation sites is 2. The fourth-order valence-electron chi connectivity index (χ4n) is 3.33. The Morgan fingerprint density at radius 1 is 0.912 bits per heavy atom. The van der Waals surface area contributed by atoms with E-state index in [9.17, 15) is 8.42 Å². The Hall–Kier alpha value is -4.44. The quantitative estimate of drug-likeness (QED) is 0.269. The Labute approximate surface area is 195 Å². The molecule has 0 aliphatic heterocycles. The largest absolute Gasteiger partial charge is 0.463 e. The lowest BCUT2D eigenvalue weighted by atomic mass is 10.2. The van der Waals surface area contributed by atoms with Crippen molar-refractivity contribution in [3.05, 3.63) is 109 Å². The number of hydrogen-bond acceptors (Lipinski definition) is 7. The SMILES string of the molecule is O=S(=O)(NN=C(c1ccco1)C(Oc1ccccc1)n1nnc2ccccc21)c1ccccc1. The molecule has 0 spiro atoms. The minimum absolute atomic E-state index is 0.0734. The number of aromatic nitrogens is 3. The molecule has 0 radical (unpaired) electrons. The van der Waals surface area contributed by atoms with Gasteiger partial charge in [0.25, 0.3) is 10.0 Å². The molecule has 1 unspecified atom stereocenters. The van der Waals surface area contributed by atoms with Gasteiger partial charge in [0.2, 0.25) is 6.23 Å². The van der Waals surface area contributed by atoms with Gasteiger partial charge in [-0.2, -0.15) is 23.0 Å². The van der Waals surface area contributed by atoms with Crippen LogP contribution >= 0.6 is 0 Å². The Balaban J connectivity index is 1.63. The first-order chi connectivity index (χ1) is 16.6. The third-order valence-corrected chi connectivity index (χ3v) is 6.16. The maximum atomic E-state index is 12.9. The van der Waals surface area contributed by atoms with Crippen molar-refractivity contribution in [2.45, 2.75) is 11.1 Å². The second kappa shape index (κ2) is 9.20. The van der Waals surface area contributed by atoms with Crippen LogP contribution in [0.3, 0.4) is 0 Å². The number of hydrazone groups is 1. The zero-order valence-electron chi connectivity index (χ0n) is 17.7. The standard InChI is InChI=1S/C24H19N5O4S/c30-34(31,19-12-5-2-6-13-19)28-26-23(22-16-9-17-32-22)24(33-18-10-3-1-4-11-18)29-21-15-8-7-14-20(21)25-27-29/h1-17,24,28H. The van der Waals surface area contributed by atoms with Crippen LogP contribution in [0.25, 0.3) is 11.0 Å². The number of fused-ring (bicyclic) bond motifs is 1. The molecule has 2 heterocycles. The van der Waals surface area contributed by atoms with Gasteiger partial charge in [-0.1, -0.05) is 53.7 Å². The number of benzene rings is 3. The van der Waals surface area contributed by atoms with E-state index in [1.165, 1.54) is 23.1 Å². The van der Waals surface area contributed by atoms with Gasteiger partial charge in [0, 0.05) is 0 Å². The highest BCUT2D eigenvalue weighted by Crippen LogP contribution is 2.25. The minimum atomic E-state index is -3.94. The summed E-state index contributed by atoms with van der Waals surface area (Å²) in [6.07, 6.45) is 0.467. The van der Waals surface area contributed by atoms with Crippen LogP contribution in [-0.2, 0) is 10.0 Å². The highest BCUT2D eigenvalue weighted by molar-refractivity contribution is 7.89. The molecule has 0 amide bonds.